The van der Waals surface area contributed by atoms with Crippen LogP contribution in [0.5, 0.6) is 11.5 Å². The summed E-state index contributed by atoms with van der Waals surface area (Å²) in [6.07, 6.45) is 0. The molecule has 0 bridgehead atoms. The maximum absolute atomic E-state index is 10.6. The fourth-order valence-electron chi connectivity index (χ4n) is 0.737. The summed E-state index contributed by atoms with van der Waals surface area (Å²) in [5.74, 6) is -1.69. The van der Waals surface area contributed by atoms with Gasteiger partial charge in [-0.2, -0.15) is 5.26 Å². The van der Waals surface area contributed by atoms with Crippen LogP contribution in [0.1, 0.15) is 10.4 Å². The van der Waals surface area contributed by atoms with Gasteiger partial charge in [-0.15, -0.1) is 0 Å². The molecular formula is C7H6O5. The van der Waals surface area contributed by atoms with Crippen LogP contribution in [0.4, 0.5) is 0 Å². The molecule has 0 radical (unpaired) electrons. The molecule has 0 aliphatic rings. The Morgan fingerprint density at radius 3 is 2.58 bits per heavy atom. The van der Waals surface area contributed by atoms with E-state index in [-0.39, 0.29) is 17.1 Å². The molecule has 0 saturated heterocycles. The summed E-state index contributed by atoms with van der Waals surface area (Å²) in [6, 6.07) is 3.29. The van der Waals surface area contributed by atoms with Crippen molar-refractivity contribution in [2.24, 2.45) is 0 Å². The highest BCUT2D eigenvalue weighted by Gasteiger charge is 2.12. The molecule has 0 aliphatic heterocycles. The third kappa shape index (κ3) is 1.46. The summed E-state index contributed by atoms with van der Waals surface area (Å²) < 4.78 is 0. The Morgan fingerprint density at radius 2 is 2.00 bits per heavy atom. The Bertz CT molecular complexity index is 307. The molecule has 3 N–H and O–H groups in total. The molecule has 0 fully saturated rings. The molecule has 0 spiro atoms. The van der Waals surface area contributed by atoms with Crippen molar-refractivity contribution in [1.29, 1.82) is 0 Å². The molecule has 0 atom stereocenters. The lowest BCUT2D eigenvalue weighted by Crippen LogP contribution is -2.01. The maximum atomic E-state index is 10.6. The molecule has 5 heteroatoms. The molecule has 0 heterocycles. The molecule has 0 aliphatic carbocycles. The molecule has 0 amide bonds. The lowest BCUT2D eigenvalue weighted by molar-refractivity contribution is -0.182. The number of hydrogen-bond donors (Lipinski definition) is 3. The summed E-state index contributed by atoms with van der Waals surface area (Å²) in [7, 11) is 0. The third-order valence-corrected chi connectivity index (χ3v) is 1.28. The Hall–Kier alpha value is -1.75. The standard InChI is InChI=1S/C7H6O5/c8-4-1-2-6(9)5(3-4)7(10)12-11/h1-3,8-9,11H. The second-order valence-corrected chi connectivity index (χ2v) is 2.08. The Balaban J connectivity index is 3.13. The zero-order chi connectivity index (χ0) is 9.14. The predicted octanol–water partition coefficient (Wildman–Crippen LogP) is 0.728. The van der Waals surface area contributed by atoms with Crippen LogP contribution in [0.25, 0.3) is 0 Å². The van der Waals surface area contributed by atoms with Crippen molar-refractivity contribution in [3.8, 4) is 11.5 Å². The molecule has 64 valence electrons. The van der Waals surface area contributed by atoms with E-state index >= 15 is 0 Å². The minimum Gasteiger partial charge on any atom is -0.508 e. The van der Waals surface area contributed by atoms with Crippen molar-refractivity contribution >= 4 is 5.97 Å². The second-order valence-electron chi connectivity index (χ2n) is 2.08. The number of benzene rings is 1. The van der Waals surface area contributed by atoms with Gasteiger partial charge in [0.1, 0.15) is 17.1 Å². The van der Waals surface area contributed by atoms with E-state index < -0.39 is 5.97 Å². The smallest absolute Gasteiger partial charge is 0.376 e. The number of aromatic hydroxyl groups is 2. The van der Waals surface area contributed by atoms with Gasteiger partial charge in [-0.25, -0.2) is 4.79 Å². The van der Waals surface area contributed by atoms with E-state index in [1.54, 1.807) is 0 Å². The van der Waals surface area contributed by atoms with Gasteiger partial charge in [0.05, 0.1) is 0 Å². The number of phenolic OH excluding ortho intramolecular Hbond substituents is 2. The Kier molecular flexibility index (Phi) is 2.16. The van der Waals surface area contributed by atoms with Crippen molar-refractivity contribution < 1.29 is 25.2 Å². The van der Waals surface area contributed by atoms with E-state index in [2.05, 4.69) is 4.89 Å². The van der Waals surface area contributed by atoms with Gasteiger partial charge in [-0.3, -0.25) is 4.89 Å². The first-order chi connectivity index (χ1) is 5.65. The lowest BCUT2D eigenvalue weighted by Gasteiger charge is -2.00. The number of carbonyl (C=O) groups is 1. The van der Waals surface area contributed by atoms with Crippen LogP contribution in [-0.4, -0.2) is 21.4 Å². The predicted molar refractivity (Wildman–Crippen MR) is 37.8 cm³/mol. The first-order valence-corrected chi connectivity index (χ1v) is 3.03. The average Bonchev–Trinajstić information content (AvgIpc) is 2.08. The Morgan fingerprint density at radius 1 is 1.33 bits per heavy atom. The minimum atomic E-state index is -1.12. The first kappa shape index (κ1) is 8.35. The van der Waals surface area contributed by atoms with Crippen LogP contribution in [0.3, 0.4) is 0 Å². The van der Waals surface area contributed by atoms with E-state index in [1.165, 1.54) is 6.07 Å². The monoisotopic (exact) mass is 170 g/mol. The lowest BCUT2D eigenvalue weighted by atomic mass is 10.2. The topological polar surface area (TPSA) is 87.0 Å². The third-order valence-electron chi connectivity index (χ3n) is 1.28. The van der Waals surface area contributed by atoms with Gasteiger partial charge in [-0.1, -0.05) is 0 Å². The molecule has 1 rings (SSSR count). The van der Waals surface area contributed by atoms with Crippen LogP contribution in [0.2, 0.25) is 0 Å². The van der Waals surface area contributed by atoms with Gasteiger partial charge in [0.25, 0.3) is 0 Å². The van der Waals surface area contributed by atoms with Crippen molar-refractivity contribution in [2.45, 2.75) is 0 Å². The maximum Gasteiger partial charge on any atom is 0.376 e. The second kappa shape index (κ2) is 3.10. The van der Waals surface area contributed by atoms with Gasteiger partial charge in [-0.05, 0) is 18.2 Å². The van der Waals surface area contributed by atoms with Crippen LogP contribution < -0.4 is 0 Å². The SMILES string of the molecule is O=C(OO)c1cc(O)ccc1O. The van der Waals surface area contributed by atoms with Crippen molar-refractivity contribution in [3.05, 3.63) is 23.8 Å². The number of carbonyl (C=O) groups excluding carboxylic acids is 1. The summed E-state index contributed by atoms with van der Waals surface area (Å²) in [5.41, 5.74) is -0.294. The van der Waals surface area contributed by atoms with Crippen LogP contribution in [-0.2, 0) is 4.89 Å². The van der Waals surface area contributed by atoms with E-state index in [9.17, 15) is 4.79 Å². The van der Waals surface area contributed by atoms with Crippen molar-refractivity contribution in [2.75, 3.05) is 0 Å². The zero-order valence-electron chi connectivity index (χ0n) is 5.89. The molecule has 0 unspecified atom stereocenters. The largest absolute Gasteiger partial charge is 0.508 e. The Labute approximate surface area is 67.4 Å². The molecule has 1 aromatic rings. The summed E-state index contributed by atoms with van der Waals surface area (Å²) in [6.45, 7) is 0. The van der Waals surface area contributed by atoms with E-state index in [0.29, 0.717) is 0 Å². The number of phenols is 2. The zero-order valence-corrected chi connectivity index (χ0v) is 5.89. The van der Waals surface area contributed by atoms with Gasteiger partial charge < -0.3 is 10.2 Å². The van der Waals surface area contributed by atoms with Crippen molar-refractivity contribution in [1.82, 2.24) is 0 Å². The van der Waals surface area contributed by atoms with E-state index in [1.807, 2.05) is 0 Å². The van der Waals surface area contributed by atoms with E-state index in [4.69, 9.17) is 15.5 Å². The summed E-state index contributed by atoms with van der Waals surface area (Å²) in [5, 5.41) is 25.9. The number of hydrogen-bond acceptors (Lipinski definition) is 5. The first-order valence-electron chi connectivity index (χ1n) is 3.03. The average molecular weight is 170 g/mol. The van der Waals surface area contributed by atoms with Gasteiger partial charge in [0.15, 0.2) is 0 Å². The van der Waals surface area contributed by atoms with Crippen molar-refractivity contribution in [3.63, 3.8) is 0 Å². The molecule has 5 nitrogen and oxygen atoms in total. The normalized spacial score (nSPS) is 9.42. The van der Waals surface area contributed by atoms with Gasteiger partial charge in [0, 0.05) is 0 Å². The van der Waals surface area contributed by atoms with Crippen LogP contribution >= 0.6 is 0 Å². The minimum absolute atomic E-state index is 0.201. The quantitative estimate of drug-likeness (QED) is 0.328. The summed E-state index contributed by atoms with van der Waals surface area (Å²) >= 11 is 0. The van der Waals surface area contributed by atoms with Crippen LogP contribution in [0.15, 0.2) is 18.2 Å². The molecule has 0 aromatic heterocycles. The van der Waals surface area contributed by atoms with Gasteiger partial charge in [0.2, 0.25) is 0 Å². The van der Waals surface area contributed by atoms with E-state index in [0.717, 1.165) is 12.1 Å². The summed E-state index contributed by atoms with van der Waals surface area (Å²) in [4.78, 5) is 14.0. The fourth-order valence-corrected chi connectivity index (χ4v) is 0.737. The molecule has 1 aromatic carbocycles. The number of rotatable bonds is 1. The highest BCUT2D eigenvalue weighted by molar-refractivity contribution is 5.92. The molecular weight excluding hydrogens is 164 g/mol. The molecule has 0 saturated carbocycles. The van der Waals surface area contributed by atoms with Crippen LogP contribution in [0, 0.1) is 0 Å². The van der Waals surface area contributed by atoms with Gasteiger partial charge >= 0.3 is 5.97 Å². The highest BCUT2D eigenvalue weighted by Crippen LogP contribution is 2.22. The molecule has 12 heavy (non-hydrogen) atoms. The highest BCUT2D eigenvalue weighted by atomic mass is 17.1. The fraction of sp³-hybridized carbons (Fsp3) is 0.